The summed E-state index contributed by atoms with van der Waals surface area (Å²) in [6.45, 7) is 9.73. The van der Waals surface area contributed by atoms with Crippen LogP contribution in [0, 0.1) is 29.1 Å². The first-order valence-corrected chi connectivity index (χ1v) is 17.3. The van der Waals surface area contributed by atoms with Crippen molar-refractivity contribution in [2.24, 2.45) is 10.7 Å². The van der Waals surface area contributed by atoms with Crippen LogP contribution in [0.15, 0.2) is 77.5 Å². The molecule has 0 saturated heterocycles. The van der Waals surface area contributed by atoms with Crippen LogP contribution < -0.4 is 15.8 Å². The van der Waals surface area contributed by atoms with Gasteiger partial charge >= 0.3 is 24.1 Å². The molecule has 3 aromatic carbocycles. The Kier molecular flexibility index (Phi) is 13.5. The first-order valence-electron chi connectivity index (χ1n) is 17.3. The summed E-state index contributed by atoms with van der Waals surface area (Å²) in [6, 6.07) is 12.5. The van der Waals surface area contributed by atoms with Gasteiger partial charge in [0.15, 0.2) is 6.10 Å². The van der Waals surface area contributed by atoms with Gasteiger partial charge in [0.1, 0.15) is 17.2 Å². The molecule has 0 spiro atoms. The number of hydrogen-bond donors (Lipinski definition) is 2. The zero-order valence-corrected chi connectivity index (χ0v) is 32.1. The molecule has 0 aliphatic carbocycles. The maximum absolute atomic E-state index is 14.8. The van der Waals surface area contributed by atoms with Crippen molar-refractivity contribution < 1.29 is 69.6 Å². The standard InChI is InChI=1S/C39H39F5N4O10/c1-19(49)46-29-22(48(37(53)58-39(5,6)7)35(45)47-36(52)57-38(2,3)4)18-23(33(50)55-30(20-14-10-8-11-15-20)21-16-12-9-13-17-21)54-32(29)34(51)56-31-27(43)25(41)24(40)26(42)28(31)44/h8-18,22,29-30,32H,1-7H3,(H,46,49)(H2,45,47,52)/t22-,29+,32+/m0/s1. The van der Waals surface area contributed by atoms with Crippen LogP contribution in [0.25, 0.3) is 0 Å². The van der Waals surface area contributed by atoms with Crippen molar-refractivity contribution in [1.29, 1.82) is 0 Å². The molecule has 3 amide bonds. The number of aliphatic imine (C=N–C) groups is 1. The topological polar surface area (TPSA) is 185 Å². The zero-order valence-electron chi connectivity index (χ0n) is 32.1. The molecule has 0 saturated carbocycles. The Bertz CT molecular complexity index is 2050. The van der Waals surface area contributed by atoms with E-state index in [4.69, 9.17) is 24.7 Å². The van der Waals surface area contributed by atoms with Gasteiger partial charge < -0.3 is 34.7 Å². The maximum Gasteiger partial charge on any atom is 0.437 e. The van der Waals surface area contributed by atoms with Crippen molar-refractivity contribution in [3.05, 3.63) is 113 Å². The van der Waals surface area contributed by atoms with Gasteiger partial charge in [0.25, 0.3) is 0 Å². The van der Waals surface area contributed by atoms with E-state index in [1.54, 1.807) is 60.7 Å². The zero-order chi connectivity index (χ0) is 43.3. The average Bonchev–Trinajstić information content (AvgIpc) is 3.13. The Labute approximate surface area is 328 Å². The van der Waals surface area contributed by atoms with Crippen LogP contribution in [0.5, 0.6) is 5.75 Å². The number of amides is 3. The van der Waals surface area contributed by atoms with Crippen molar-refractivity contribution in [2.75, 3.05) is 0 Å². The van der Waals surface area contributed by atoms with E-state index in [1.165, 1.54) is 41.5 Å². The Morgan fingerprint density at radius 1 is 0.776 bits per heavy atom. The fourth-order valence-electron chi connectivity index (χ4n) is 5.32. The molecule has 58 heavy (non-hydrogen) atoms. The largest absolute Gasteiger partial charge is 0.469 e. The van der Waals surface area contributed by atoms with Gasteiger partial charge in [-0.1, -0.05) is 60.7 Å². The molecule has 4 rings (SSSR count). The van der Waals surface area contributed by atoms with Crippen molar-refractivity contribution in [3.8, 4) is 5.75 Å². The smallest absolute Gasteiger partial charge is 0.437 e. The molecule has 1 aliphatic heterocycles. The summed E-state index contributed by atoms with van der Waals surface area (Å²) in [6.07, 6.45) is -5.55. The molecular weight excluding hydrogens is 779 g/mol. The molecule has 1 aliphatic rings. The summed E-state index contributed by atoms with van der Waals surface area (Å²) in [5, 5.41) is 2.27. The lowest BCUT2D eigenvalue weighted by atomic mass is 9.96. The third-order valence-corrected chi connectivity index (χ3v) is 7.61. The lowest BCUT2D eigenvalue weighted by Gasteiger charge is -2.40. The van der Waals surface area contributed by atoms with Gasteiger partial charge in [0, 0.05) is 6.92 Å². The molecule has 3 aromatic rings. The number of esters is 2. The minimum atomic E-state index is -2.56. The molecule has 19 heteroatoms. The van der Waals surface area contributed by atoms with E-state index < -0.39 is 112 Å². The van der Waals surface area contributed by atoms with Crippen LogP contribution in [0.2, 0.25) is 0 Å². The Hall–Kier alpha value is -6.53. The van der Waals surface area contributed by atoms with Crippen LogP contribution >= 0.6 is 0 Å². The van der Waals surface area contributed by atoms with Gasteiger partial charge in [-0.05, 0) is 58.7 Å². The average molecular weight is 819 g/mol. The highest BCUT2D eigenvalue weighted by Crippen LogP contribution is 2.33. The highest BCUT2D eigenvalue weighted by atomic mass is 19.2. The number of nitrogens with two attached hydrogens (primary N) is 1. The SMILES string of the molecule is CC(=O)N[C@H]1[C@H](C(=O)Oc2c(F)c(F)c(F)c(F)c2F)OC(C(=O)OC(c2ccccc2)c2ccccc2)=C[C@@H]1N(C(=O)OC(C)(C)C)C(N)=NC(=O)OC(C)(C)C. The van der Waals surface area contributed by atoms with Crippen LogP contribution in [0.4, 0.5) is 31.5 Å². The Balaban J connectivity index is 1.95. The molecule has 0 aromatic heterocycles. The number of carbonyl (C=O) groups excluding carboxylic acids is 5. The van der Waals surface area contributed by atoms with Gasteiger partial charge in [0.05, 0.1) is 6.04 Å². The van der Waals surface area contributed by atoms with E-state index in [9.17, 15) is 45.9 Å². The van der Waals surface area contributed by atoms with Gasteiger partial charge in [0.2, 0.25) is 58.6 Å². The second kappa shape index (κ2) is 17.7. The first-order chi connectivity index (χ1) is 27.0. The minimum Gasteiger partial charge on any atom is -0.469 e. The second-order valence-electron chi connectivity index (χ2n) is 14.5. The van der Waals surface area contributed by atoms with E-state index in [2.05, 4.69) is 15.0 Å². The predicted octanol–water partition coefficient (Wildman–Crippen LogP) is 6.26. The van der Waals surface area contributed by atoms with Crippen molar-refractivity contribution >= 4 is 36.0 Å². The van der Waals surface area contributed by atoms with E-state index >= 15 is 0 Å². The Morgan fingerprint density at radius 2 is 1.26 bits per heavy atom. The molecule has 310 valence electrons. The summed E-state index contributed by atoms with van der Waals surface area (Å²) in [5.41, 5.74) is 4.67. The number of benzene rings is 3. The molecule has 0 fully saturated rings. The lowest BCUT2D eigenvalue weighted by Crippen LogP contribution is -2.65. The molecule has 14 nitrogen and oxygen atoms in total. The Morgan fingerprint density at radius 3 is 1.72 bits per heavy atom. The van der Waals surface area contributed by atoms with E-state index in [0.29, 0.717) is 16.0 Å². The third-order valence-electron chi connectivity index (χ3n) is 7.61. The van der Waals surface area contributed by atoms with Crippen LogP contribution in [0.1, 0.15) is 65.7 Å². The van der Waals surface area contributed by atoms with Crippen LogP contribution in [0.3, 0.4) is 0 Å². The predicted molar refractivity (Wildman–Crippen MR) is 193 cm³/mol. The highest BCUT2D eigenvalue weighted by Gasteiger charge is 2.49. The van der Waals surface area contributed by atoms with Crippen molar-refractivity contribution in [1.82, 2.24) is 10.2 Å². The van der Waals surface area contributed by atoms with E-state index in [-0.39, 0.29) is 0 Å². The number of rotatable bonds is 8. The first kappa shape index (κ1) is 44.2. The van der Waals surface area contributed by atoms with Gasteiger partial charge in [-0.2, -0.15) is 8.78 Å². The number of halogens is 5. The number of nitrogens with one attached hydrogen (secondary N) is 1. The minimum absolute atomic E-state index is 0.427. The van der Waals surface area contributed by atoms with Crippen LogP contribution in [-0.4, -0.2) is 70.3 Å². The van der Waals surface area contributed by atoms with E-state index in [1.807, 2.05) is 0 Å². The molecule has 0 unspecified atom stereocenters. The molecule has 1 heterocycles. The summed E-state index contributed by atoms with van der Waals surface area (Å²) >= 11 is 0. The summed E-state index contributed by atoms with van der Waals surface area (Å²) < 4.78 is 98.6. The maximum atomic E-state index is 14.8. The van der Waals surface area contributed by atoms with E-state index in [0.717, 1.165) is 13.0 Å². The molecular formula is C39H39F5N4O10. The second-order valence-corrected chi connectivity index (χ2v) is 14.5. The summed E-state index contributed by atoms with van der Waals surface area (Å²) in [7, 11) is 0. The van der Waals surface area contributed by atoms with Crippen molar-refractivity contribution in [2.45, 2.75) is 84.0 Å². The summed E-state index contributed by atoms with van der Waals surface area (Å²) in [5.74, 6) is -20.9. The lowest BCUT2D eigenvalue weighted by molar-refractivity contribution is -0.157. The molecule has 0 bridgehead atoms. The molecule has 0 radical (unpaired) electrons. The monoisotopic (exact) mass is 818 g/mol. The fraction of sp³-hybridized carbons (Fsp3) is 0.333. The molecule has 3 atom stereocenters. The highest BCUT2D eigenvalue weighted by molar-refractivity contribution is 5.99. The normalized spacial score (nSPS) is 17.0. The van der Waals surface area contributed by atoms with Crippen LogP contribution in [-0.2, 0) is 33.3 Å². The quantitative estimate of drug-likeness (QED) is 0.0382. The number of hydrogen-bond acceptors (Lipinski definition) is 10. The number of ether oxygens (including phenoxy) is 5. The van der Waals surface area contributed by atoms with Gasteiger partial charge in [-0.15, -0.1) is 4.99 Å². The number of guanidine groups is 1. The van der Waals surface area contributed by atoms with Gasteiger partial charge in [-0.25, -0.2) is 37.2 Å². The fourth-order valence-corrected chi connectivity index (χ4v) is 5.32. The van der Waals surface area contributed by atoms with Gasteiger partial charge in [-0.3, -0.25) is 4.79 Å². The number of nitrogens with zero attached hydrogens (tertiary/aromatic N) is 2. The third kappa shape index (κ3) is 10.9. The van der Waals surface area contributed by atoms with Crippen molar-refractivity contribution in [3.63, 3.8) is 0 Å². The molecule has 3 N–H and O–H groups in total. The summed E-state index contributed by atoms with van der Waals surface area (Å²) in [4.78, 5) is 71.4. The number of carbonyl (C=O) groups is 5.